The number of nitrogens with one attached hydrogen (secondary N) is 1. The highest BCUT2D eigenvalue weighted by molar-refractivity contribution is 6.33. The second kappa shape index (κ2) is 6.22. The molecule has 0 aliphatic carbocycles. The Bertz CT molecular complexity index is 631. The van der Waals surface area contributed by atoms with Gasteiger partial charge in [0.15, 0.2) is 0 Å². The molecule has 0 bridgehead atoms. The van der Waals surface area contributed by atoms with Crippen LogP contribution in [0.4, 0.5) is 23.2 Å². The van der Waals surface area contributed by atoms with Gasteiger partial charge in [0.1, 0.15) is 11.6 Å². The molecule has 2 aromatic rings. The van der Waals surface area contributed by atoms with E-state index >= 15 is 0 Å². The molecule has 21 heavy (non-hydrogen) atoms. The Balaban J connectivity index is 2.15. The zero-order valence-corrected chi connectivity index (χ0v) is 11.3. The smallest absolute Gasteiger partial charge is 0.405 e. The van der Waals surface area contributed by atoms with Gasteiger partial charge in [-0.3, -0.25) is 0 Å². The number of halogens is 5. The summed E-state index contributed by atoms with van der Waals surface area (Å²) in [5.74, 6) is -0.813. The Labute approximate surface area is 123 Å². The van der Waals surface area contributed by atoms with E-state index in [0.29, 0.717) is 5.69 Å². The van der Waals surface area contributed by atoms with E-state index in [1.165, 1.54) is 30.3 Å². The van der Waals surface area contributed by atoms with Crippen LogP contribution in [-0.2, 0) is 6.54 Å². The second-order valence-corrected chi connectivity index (χ2v) is 4.54. The first-order chi connectivity index (χ1) is 9.85. The predicted octanol–water partition coefficient (Wildman–Crippen LogP) is 4.99. The van der Waals surface area contributed by atoms with E-state index < -0.39 is 12.2 Å². The molecule has 112 valence electrons. The van der Waals surface area contributed by atoms with Gasteiger partial charge in [-0.2, -0.15) is 0 Å². The fourth-order valence-electron chi connectivity index (χ4n) is 1.70. The molecule has 0 radical (unpaired) electrons. The van der Waals surface area contributed by atoms with Crippen LogP contribution in [0.5, 0.6) is 5.75 Å². The molecule has 0 amide bonds. The standard InChI is InChI=1S/C14H10ClF4NO/c15-11-6-5-10(16)7-12(11)20-8-9-3-1-2-4-13(9)21-14(17,18)19/h1-7,20H,8H2. The van der Waals surface area contributed by atoms with Crippen molar-refractivity contribution in [1.82, 2.24) is 0 Å². The molecule has 0 heterocycles. The summed E-state index contributed by atoms with van der Waals surface area (Å²) in [5, 5.41) is 3.05. The summed E-state index contributed by atoms with van der Waals surface area (Å²) in [6, 6.07) is 9.40. The molecule has 2 rings (SSSR count). The molecule has 0 atom stereocenters. The van der Waals surface area contributed by atoms with Gasteiger partial charge < -0.3 is 10.1 Å². The molecular formula is C14H10ClF4NO. The third-order valence-electron chi connectivity index (χ3n) is 2.60. The number of ether oxygens (including phenoxy) is 1. The van der Waals surface area contributed by atoms with Crippen molar-refractivity contribution in [3.63, 3.8) is 0 Å². The highest BCUT2D eigenvalue weighted by Gasteiger charge is 2.31. The van der Waals surface area contributed by atoms with Crippen LogP contribution in [0, 0.1) is 5.82 Å². The largest absolute Gasteiger partial charge is 0.573 e. The summed E-state index contributed by atoms with van der Waals surface area (Å²) >= 11 is 5.87. The van der Waals surface area contributed by atoms with E-state index in [9.17, 15) is 17.6 Å². The molecule has 0 unspecified atom stereocenters. The molecule has 0 saturated heterocycles. The van der Waals surface area contributed by atoms with E-state index in [1.807, 2.05) is 0 Å². The SMILES string of the molecule is Fc1ccc(Cl)c(NCc2ccccc2OC(F)(F)F)c1. The van der Waals surface area contributed by atoms with Gasteiger partial charge in [0.05, 0.1) is 10.7 Å². The lowest BCUT2D eigenvalue weighted by molar-refractivity contribution is -0.274. The normalized spacial score (nSPS) is 11.3. The van der Waals surface area contributed by atoms with Crippen LogP contribution < -0.4 is 10.1 Å². The summed E-state index contributed by atoms with van der Waals surface area (Å²) in [6.07, 6.45) is -4.77. The molecule has 0 aliphatic rings. The average molecular weight is 320 g/mol. The van der Waals surface area contributed by atoms with Crippen molar-refractivity contribution in [1.29, 1.82) is 0 Å². The van der Waals surface area contributed by atoms with Gasteiger partial charge in [-0.25, -0.2) is 4.39 Å². The van der Waals surface area contributed by atoms with Crippen LogP contribution in [0.3, 0.4) is 0 Å². The third-order valence-corrected chi connectivity index (χ3v) is 2.93. The number of anilines is 1. The van der Waals surface area contributed by atoms with Crippen molar-refractivity contribution >= 4 is 17.3 Å². The Morgan fingerprint density at radius 3 is 2.52 bits per heavy atom. The van der Waals surface area contributed by atoms with Crippen molar-refractivity contribution < 1.29 is 22.3 Å². The topological polar surface area (TPSA) is 21.3 Å². The first-order valence-electron chi connectivity index (χ1n) is 5.88. The zero-order valence-electron chi connectivity index (χ0n) is 10.5. The maximum atomic E-state index is 13.1. The minimum Gasteiger partial charge on any atom is -0.405 e. The van der Waals surface area contributed by atoms with E-state index in [-0.39, 0.29) is 22.9 Å². The Morgan fingerprint density at radius 2 is 1.81 bits per heavy atom. The number of para-hydroxylation sites is 1. The molecular weight excluding hydrogens is 310 g/mol. The maximum Gasteiger partial charge on any atom is 0.573 e. The number of hydrogen-bond acceptors (Lipinski definition) is 2. The van der Waals surface area contributed by atoms with Gasteiger partial charge in [-0.15, -0.1) is 13.2 Å². The second-order valence-electron chi connectivity index (χ2n) is 4.13. The van der Waals surface area contributed by atoms with Crippen molar-refractivity contribution in [3.05, 3.63) is 58.9 Å². The molecule has 2 aromatic carbocycles. The molecule has 0 fully saturated rings. The van der Waals surface area contributed by atoms with Gasteiger partial charge in [-0.1, -0.05) is 29.8 Å². The summed E-state index contributed by atoms with van der Waals surface area (Å²) < 4.78 is 53.9. The van der Waals surface area contributed by atoms with Gasteiger partial charge in [0, 0.05) is 12.1 Å². The van der Waals surface area contributed by atoms with Crippen LogP contribution in [0.2, 0.25) is 5.02 Å². The highest BCUT2D eigenvalue weighted by Crippen LogP contribution is 2.28. The van der Waals surface area contributed by atoms with Crippen LogP contribution in [-0.4, -0.2) is 6.36 Å². The minimum absolute atomic E-state index is 0.00935. The lowest BCUT2D eigenvalue weighted by Crippen LogP contribution is -2.18. The molecule has 0 spiro atoms. The van der Waals surface area contributed by atoms with Crippen LogP contribution in [0.15, 0.2) is 42.5 Å². The Hall–Kier alpha value is -1.95. The summed E-state index contributed by atoms with van der Waals surface area (Å²) in [5.41, 5.74) is 0.564. The quantitative estimate of drug-likeness (QED) is 0.802. The number of benzene rings is 2. The monoisotopic (exact) mass is 319 g/mol. The Kier molecular flexibility index (Phi) is 4.57. The van der Waals surface area contributed by atoms with Crippen molar-refractivity contribution in [2.24, 2.45) is 0 Å². The van der Waals surface area contributed by atoms with E-state index in [1.54, 1.807) is 6.07 Å². The van der Waals surface area contributed by atoms with Gasteiger partial charge in [-0.05, 0) is 24.3 Å². The Morgan fingerprint density at radius 1 is 1.10 bits per heavy atom. The van der Waals surface area contributed by atoms with Crippen molar-refractivity contribution in [2.45, 2.75) is 12.9 Å². The van der Waals surface area contributed by atoms with Crippen LogP contribution in [0.1, 0.15) is 5.56 Å². The number of hydrogen-bond donors (Lipinski definition) is 1. The highest BCUT2D eigenvalue weighted by atomic mass is 35.5. The van der Waals surface area contributed by atoms with Gasteiger partial charge in [0.2, 0.25) is 0 Å². The van der Waals surface area contributed by atoms with Crippen molar-refractivity contribution in [3.8, 4) is 5.75 Å². The zero-order chi connectivity index (χ0) is 15.5. The first-order valence-corrected chi connectivity index (χ1v) is 6.25. The minimum atomic E-state index is -4.77. The summed E-state index contributed by atoms with van der Waals surface area (Å²) in [4.78, 5) is 0. The predicted molar refractivity (Wildman–Crippen MR) is 71.9 cm³/mol. The summed E-state index contributed by atoms with van der Waals surface area (Å²) in [6.45, 7) is 0.00935. The third kappa shape index (κ3) is 4.53. The van der Waals surface area contributed by atoms with Gasteiger partial charge in [0.25, 0.3) is 0 Å². The number of alkyl halides is 3. The van der Waals surface area contributed by atoms with Crippen LogP contribution in [0.25, 0.3) is 0 Å². The molecule has 7 heteroatoms. The first kappa shape index (κ1) is 15.4. The van der Waals surface area contributed by atoms with E-state index in [2.05, 4.69) is 10.1 Å². The lowest BCUT2D eigenvalue weighted by atomic mass is 10.2. The van der Waals surface area contributed by atoms with E-state index in [0.717, 1.165) is 6.07 Å². The molecule has 0 aliphatic heterocycles. The van der Waals surface area contributed by atoms with E-state index in [4.69, 9.17) is 11.6 Å². The van der Waals surface area contributed by atoms with Crippen LogP contribution >= 0.6 is 11.6 Å². The molecule has 1 N–H and O–H groups in total. The maximum absolute atomic E-state index is 13.1. The number of rotatable bonds is 4. The summed E-state index contributed by atoms with van der Waals surface area (Å²) in [7, 11) is 0. The fourth-order valence-corrected chi connectivity index (χ4v) is 1.88. The molecule has 0 saturated carbocycles. The fraction of sp³-hybridized carbons (Fsp3) is 0.143. The molecule has 2 nitrogen and oxygen atoms in total. The van der Waals surface area contributed by atoms with Crippen molar-refractivity contribution in [2.75, 3.05) is 5.32 Å². The molecule has 0 aromatic heterocycles. The average Bonchev–Trinajstić information content (AvgIpc) is 2.39. The lowest BCUT2D eigenvalue weighted by Gasteiger charge is -2.14. The van der Waals surface area contributed by atoms with Gasteiger partial charge >= 0.3 is 6.36 Å².